The molecule has 0 heterocycles. The zero-order chi connectivity index (χ0) is 10.6. The Hall–Kier alpha value is -0.240. The Labute approximate surface area is 91.4 Å². The van der Waals surface area contributed by atoms with Crippen LogP contribution in [-0.2, 0) is 4.79 Å². The summed E-state index contributed by atoms with van der Waals surface area (Å²) in [4.78, 5) is 11.5. The molecule has 0 aromatic heterocycles. The second-order valence-corrected chi connectivity index (χ2v) is 4.78. The van der Waals surface area contributed by atoms with Crippen LogP contribution in [0.5, 0.6) is 0 Å². The monoisotopic (exact) mass is 217 g/mol. The van der Waals surface area contributed by atoms with E-state index in [0.717, 1.165) is 12.8 Å². The highest BCUT2D eigenvalue weighted by atomic mass is 35.5. The quantitative estimate of drug-likeness (QED) is 0.724. The Balaban J connectivity index is 2.44. The number of halogens is 1. The van der Waals surface area contributed by atoms with Gasteiger partial charge < -0.3 is 5.32 Å². The average Bonchev–Trinajstić information content (AvgIpc) is 2.18. The van der Waals surface area contributed by atoms with Crippen molar-refractivity contribution in [3.63, 3.8) is 0 Å². The normalized spacial score (nSPS) is 27.7. The molecule has 3 heteroatoms. The van der Waals surface area contributed by atoms with Crippen LogP contribution in [0.4, 0.5) is 0 Å². The van der Waals surface area contributed by atoms with Crippen molar-refractivity contribution in [1.82, 2.24) is 5.32 Å². The van der Waals surface area contributed by atoms with Crippen molar-refractivity contribution < 1.29 is 4.79 Å². The second kappa shape index (κ2) is 5.59. The van der Waals surface area contributed by atoms with E-state index in [1.54, 1.807) is 0 Å². The molecular weight excluding hydrogens is 198 g/mol. The SMILES string of the molecule is CC(C)C(=O)NC1CCCCC1CCl. The second-order valence-electron chi connectivity index (χ2n) is 4.47. The molecule has 0 aromatic carbocycles. The van der Waals surface area contributed by atoms with Crippen molar-refractivity contribution in [2.75, 3.05) is 5.88 Å². The molecule has 1 aliphatic rings. The third-order valence-corrected chi connectivity index (χ3v) is 3.36. The van der Waals surface area contributed by atoms with Crippen LogP contribution >= 0.6 is 11.6 Å². The Kier molecular flexibility index (Phi) is 4.73. The summed E-state index contributed by atoms with van der Waals surface area (Å²) < 4.78 is 0. The van der Waals surface area contributed by atoms with Gasteiger partial charge in [-0.1, -0.05) is 26.7 Å². The van der Waals surface area contributed by atoms with E-state index in [9.17, 15) is 4.79 Å². The highest BCUT2D eigenvalue weighted by molar-refractivity contribution is 6.18. The van der Waals surface area contributed by atoms with Gasteiger partial charge in [-0.05, 0) is 18.8 Å². The predicted octanol–water partition coefficient (Wildman–Crippen LogP) is 2.56. The molecule has 0 saturated heterocycles. The lowest BCUT2D eigenvalue weighted by Gasteiger charge is -2.31. The summed E-state index contributed by atoms with van der Waals surface area (Å²) in [6, 6.07) is 0.316. The first-order valence-corrected chi connectivity index (χ1v) is 6.05. The summed E-state index contributed by atoms with van der Waals surface area (Å²) >= 11 is 5.89. The summed E-state index contributed by atoms with van der Waals surface area (Å²) in [5, 5.41) is 3.10. The third kappa shape index (κ3) is 3.16. The lowest BCUT2D eigenvalue weighted by Crippen LogP contribution is -2.44. The van der Waals surface area contributed by atoms with Crippen LogP contribution in [0.2, 0.25) is 0 Å². The summed E-state index contributed by atoms with van der Waals surface area (Å²) in [6.45, 7) is 3.85. The van der Waals surface area contributed by atoms with Gasteiger partial charge in [-0.3, -0.25) is 4.79 Å². The fourth-order valence-electron chi connectivity index (χ4n) is 1.93. The van der Waals surface area contributed by atoms with E-state index < -0.39 is 0 Å². The van der Waals surface area contributed by atoms with Crippen molar-refractivity contribution in [3.05, 3.63) is 0 Å². The van der Waals surface area contributed by atoms with Crippen LogP contribution < -0.4 is 5.32 Å². The molecule has 1 amide bonds. The van der Waals surface area contributed by atoms with Crippen LogP contribution in [0, 0.1) is 11.8 Å². The first kappa shape index (κ1) is 11.8. The molecule has 0 bridgehead atoms. The standard InChI is InChI=1S/C11H20ClNO/c1-8(2)11(14)13-10-6-4-3-5-9(10)7-12/h8-10H,3-7H2,1-2H3,(H,13,14). The summed E-state index contributed by atoms with van der Waals surface area (Å²) in [7, 11) is 0. The summed E-state index contributed by atoms with van der Waals surface area (Å²) in [5.41, 5.74) is 0. The van der Waals surface area contributed by atoms with Crippen LogP contribution in [0.3, 0.4) is 0 Å². The Bertz CT molecular complexity index is 194. The van der Waals surface area contributed by atoms with Crippen molar-refractivity contribution in [3.8, 4) is 0 Å². The minimum atomic E-state index is 0.0768. The number of alkyl halides is 1. The molecular formula is C11H20ClNO. The highest BCUT2D eigenvalue weighted by Crippen LogP contribution is 2.25. The van der Waals surface area contributed by atoms with Crippen LogP contribution in [0.1, 0.15) is 39.5 Å². The molecule has 14 heavy (non-hydrogen) atoms. The smallest absolute Gasteiger partial charge is 0.222 e. The predicted molar refractivity (Wildman–Crippen MR) is 59.4 cm³/mol. The van der Waals surface area contributed by atoms with Gasteiger partial charge in [0, 0.05) is 17.8 Å². The van der Waals surface area contributed by atoms with E-state index in [1.165, 1.54) is 12.8 Å². The maximum Gasteiger partial charge on any atom is 0.222 e. The van der Waals surface area contributed by atoms with Crippen LogP contribution in [-0.4, -0.2) is 17.8 Å². The first-order valence-electron chi connectivity index (χ1n) is 5.51. The van der Waals surface area contributed by atoms with Crippen LogP contribution in [0.25, 0.3) is 0 Å². The lowest BCUT2D eigenvalue weighted by atomic mass is 9.85. The Morgan fingerprint density at radius 1 is 1.43 bits per heavy atom. The molecule has 82 valence electrons. The number of amides is 1. The maximum atomic E-state index is 11.5. The molecule has 1 N–H and O–H groups in total. The molecule has 2 atom stereocenters. The topological polar surface area (TPSA) is 29.1 Å². The molecule has 0 aliphatic heterocycles. The van der Waals surface area contributed by atoms with Crippen molar-refractivity contribution in [2.24, 2.45) is 11.8 Å². The van der Waals surface area contributed by atoms with E-state index >= 15 is 0 Å². The Morgan fingerprint density at radius 3 is 2.64 bits per heavy atom. The molecule has 1 fully saturated rings. The molecule has 1 aliphatic carbocycles. The minimum Gasteiger partial charge on any atom is -0.353 e. The number of nitrogens with one attached hydrogen (secondary N) is 1. The van der Waals surface area contributed by atoms with Gasteiger partial charge in [-0.25, -0.2) is 0 Å². The van der Waals surface area contributed by atoms with Gasteiger partial charge in [0.15, 0.2) is 0 Å². The van der Waals surface area contributed by atoms with Crippen molar-refractivity contribution in [1.29, 1.82) is 0 Å². The summed E-state index contributed by atoms with van der Waals surface area (Å²) in [6.07, 6.45) is 4.73. The highest BCUT2D eigenvalue weighted by Gasteiger charge is 2.26. The lowest BCUT2D eigenvalue weighted by molar-refractivity contribution is -0.125. The molecule has 1 rings (SSSR count). The zero-order valence-electron chi connectivity index (χ0n) is 9.05. The van der Waals surface area contributed by atoms with Gasteiger partial charge in [0.2, 0.25) is 5.91 Å². The van der Waals surface area contributed by atoms with Crippen molar-refractivity contribution >= 4 is 17.5 Å². The van der Waals surface area contributed by atoms with Gasteiger partial charge in [0.1, 0.15) is 0 Å². The van der Waals surface area contributed by atoms with E-state index in [2.05, 4.69) is 5.32 Å². The molecule has 1 saturated carbocycles. The van der Waals surface area contributed by atoms with E-state index in [4.69, 9.17) is 11.6 Å². The number of carbonyl (C=O) groups excluding carboxylic acids is 1. The van der Waals surface area contributed by atoms with Gasteiger partial charge >= 0.3 is 0 Å². The third-order valence-electron chi connectivity index (χ3n) is 2.96. The molecule has 0 radical (unpaired) electrons. The van der Waals surface area contributed by atoms with E-state index in [-0.39, 0.29) is 11.8 Å². The van der Waals surface area contributed by atoms with Gasteiger partial charge in [0.05, 0.1) is 0 Å². The van der Waals surface area contributed by atoms with E-state index in [0.29, 0.717) is 17.8 Å². The van der Waals surface area contributed by atoms with Crippen molar-refractivity contribution in [2.45, 2.75) is 45.6 Å². The van der Waals surface area contributed by atoms with E-state index in [1.807, 2.05) is 13.8 Å². The summed E-state index contributed by atoms with van der Waals surface area (Å²) in [5.74, 6) is 1.39. The number of rotatable bonds is 3. The molecule has 2 unspecified atom stereocenters. The fourth-order valence-corrected chi connectivity index (χ4v) is 2.30. The number of hydrogen-bond donors (Lipinski definition) is 1. The Morgan fingerprint density at radius 2 is 2.07 bits per heavy atom. The molecule has 0 spiro atoms. The number of carbonyl (C=O) groups is 1. The minimum absolute atomic E-state index is 0.0768. The molecule has 0 aromatic rings. The first-order chi connectivity index (χ1) is 6.65. The van der Waals surface area contributed by atoms with Gasteiger partial charge in [0.25, 0.3) is 0 Å². The maximum absolute atomic E-state index is 11.5. The molecule has 2 nitrogen and oxygen atoms in total. The zero-order valence-corrected chi connectivity index (χ0v) is 9.81. The number of hydrogen-bond acceptors (Lipinski definition) is 1. The fraction of sp³-hybridized carbons (Fsp3) is 0.909. The van der Waals surface area contributed by atoms with Crippen LogP contribution in [0.15, 0.2) is 0 Å². The van der Waals surface area contributed by atoms with Gasteiger partial charge in [-0.15, -0.1) is 11.6 Å². The van der Waals surface area contributed by atoms with Gasteiger partial charge in [-0.2, -0.15) is 0 Å². The average molecular weight is 218 g/mol. The largest absolute Gasteiger partial charge is 0.353 e.